The number of nitrogens with two attached hydrogens (primary N) is 1. The summed E-state index contributed by atoms with van der Waals surface area (Å²) in [6.45, 7) is 1.90. The van der Waals surface area contributed by atoms with Crippen molar-refractivity contribution in [2.24, 2.45) is 0 Å². The van der Waals surface area contributed by atoms with Gasteiger partial charge < -0.3 is 5.73 Å². The molecule has 0 aliphatic rings. The molecular formula is C14H11ClN2OS. The number of benzene rings is 1. The number of fused-ring (bicyclic) bond motifs is 1. The van der Waals surface area contributed by atoms with Crippen LogP contribution in [-0.2, 0) is 0 Å². The van der Waals surface area contributed by atoms with Crippen LogP contribution in [0.25, 0.3) is 10.9 Å². The number of anilines is 1. The summed E-state index contributed by atoms with van der Waals surface area (Å²) in [5.41, 5.74) is 8.22. The summed E-state index contributed by atoms with van der Waals surface area (Å²) in [6, 6.07) is 11.0. The van der Waals surface area contributed by atoms with Gasteiger partial charge in [-0.2, -0.15) is 0 Å². The van der Waals surface area contributed by atoms with Gasteiger partial charge in [-0.1, -0.05) is 23.7 Å². The third-order valence-corrected chi connectivity index (χ3v) is 4.25. The van der Waals surface area contributed by atoms with Gasteiger partial charge >= 0.3 is 0 Å². The number of rotatable bonds is 1. The summed E-state index contributed by atoms with van der Waals surface area (Å²) in [6.07, 6.45) is 0. The predicted molar refractivity (Wildman–Crippen MR) is 80.1 cm³/mol. The minimum absolute atomic E-state index is 0.0951. The Morgan fingerprint density at radius 2 is 2.11 bits per heavy atom. The van der Waals surface area contributed by atoms with E-state index in [1.165, 1.54) is 11.3 Å². The van der Waals surface area contributed by atoms with E-state index in [2.05, 4.69) is 0 Å². The molecule has 0 saturated carbocycles. The van der Waals surface area contributed by atoms with Crippen molar-refractivity contribution in [1.82, 2.24) is 4.57 Å². The molecule has 19 heavy (non-hydrogen) atoms. The molecule has 0 aliphatic carbocycles. The Hall–Kier alpha value is -1.78. The largest absolute Gasteiger partial charge is 0.397 e. The summed E-state index contributed by atoms with van der Waals surface area (Å²) in [5.74, 6) is -0.0951. The minimum atomic E-state index is -0.0951. The molecule has 0 spiro atoms. The fourth-order valence-corrected chi connectivity index (χ4v) is 3.19. The molecule has 2 heterocycles. The lowest BCUT2D eigenvalue weighted by molar-refractivity contribution is 0.0967. The van der Waals surface area contributed by atoms with Crippen molar-refractivity contribution in [2.45, 2.75) is 6.92 Å². The first-order valence-electron chi connectivity index (χ1n) is 5.74. The van der Waals surface area contributed by atoms with E-state index in [0.29, 0.717) is 14.9 Å². The maximum atomic E-state index is 12.6. The van der Waals surface area contributed by atoms with E-state index in [0.717, 1.165) is 16.6 Å². The maximum absolute atomic E-state index is 12.6. The number of nitrogen functional groups attached to an aromatic ring is 1. The highest BCUT2D eigenvalue weighted by molar-refractivity contribution is 7.18. The first-order valence-corrected chi connectivity index (χ1v) is 6.94. The molecule has 0 bridgehead atoms. The van der Waals surface area contributed by atoms with E-state index in [4.69, 9.17) is 17.3 Å². The zero-order valence-corrected chi connectivity index (χ0v) is 11.8. The van der Waals surface area contributed by atoms with E-state index in [1.54, 1.807) is 22.8 Å². The third-order valence-electron chi connectivity index (χ3n) is 3.03. The van der Waals surface area contributed by atoms with Crippen LogP contribution in [0.4, 0.5) is 5.69 Å². The Balaban J connectivity index is 2.25. The normalized spacial score (nSPS) is 11.1. The van der Waals surface area contributed by atoms with Crippen LogP contribution in [0, 0.1) is 6.92 Å². The molecule has 2 N–H and O–H groups in total. The van der Waals surface area contributed by atoms with Crippen molar-refractivity contribution in [3.8, 4) is 0 Å². The van der Waals surface area contributed by atoms with E-state index < -0.39 is 0 Å². The molecule has 3 nitrogen and oxygen atoms in total. The van der Waals surface area contributed by atoms with E-state index in [-0.39, 0.29) is 5.91 Å². The predicted octanol–water partition coefficient (Wildman–Crippen LogP) is 3.94. The number of aryl methyl sites for hydroxylation is 1. The van der Waals surface area contributed by atoms with Gasteiger partial charge in [-0.15, -0.1) is 11.3 Å². The molecule has 0 atom stereocenters. The lowest BCUT2D eigenvalue weighted by Gasteiger charge is -2.06. The molecule has 2 aromatic heterocycles. The zero-order chi connectivity index (χ0) is 13.6. The summed E-state index contributed by atoms with van der Waals surface area (Å²) in [7, 11) is 0. The second kappa shape index (κ2) is 4.40. The van der Waals surface area contributed by atoms with Crippen LogP contribution in [-0.4, -0.2) is 10.5 Å². The smallest absolute Gasteiger partial charge is 0.272 e. The van der Waals surface area contributed by atoms with Crippen molar-refractivity contribution in [1.29, 1.82) is 0 Å². The molecule has 0 saturated heterocycles. The molecule has 96 valence electrons. The number of halogens is 1. The van der Waals surface area contributed by atoms with Crippen molar-refractivity contribution in [2.75, 3.05) is 5.73 Å². The van der Waals surface area contributed by atoms with Gasteiger partial charge in [0.25, 0.3) is 5.91 Å². The van der Waals surface area contributed by atoms with Gasteiger partial charge in [0, 0.05) is 11.1 Å². The number of carbonyl (C=O) groups is 1. The van der Waals surface area contributed by atoms with Gasteiger partial charge in [0.2, 0.25) is 0 Å². The van der Waals surface area contributed by atoms with Crippen molar-refractivity contribution >= 4 is 45.4 Å². The van der Waals surface area contributed by atoms with Gasteiger partial charge in [0.05, 0.1) is 20.4 Å². The number of carbonyl (C=O) groups excluding carboxylic acids is 1. The number of para-hydroxylation sites is 1. The Bertz CT molecular complexity index is 788. The van der Waals surface area contributed by atoms with E-state index in [9.17, 15) is 4.79 Å². The molecule has 1 aromatic carbocycles. The number of aromatic nitrogens is 1. The second-order valence-electron chi connectivity index (χ2n) is 4.32. The molecular weight excluding hydrogens is 280 g/mol. The van der Waals surface area contributed by atoms with Gasteiger partial charge in [0.1, 0.15) is 0 Å². The van der Waals surface area contributed by atoms with E-state index >= 15 is 0 Å². The van der Waals surface area contributed by atoms with E-state index in [1.807, 2.05) is 25.1 Å². The molecule has 3 aromatic rings. The first-order chi connectivity index (χ1) is 9.08. The molecule has 3 rings (SSSR count). The van der Waals surface area contributed by atoms with Crippen molar-refractivity contribution in [3.05, 3.63) is 51.3 Å². The lowest BCUT2D eigenvalue weighted by Crippen LogP contribution is -2.12. The highest BCUT2D eigenvalue weighted by Crippen LogP contribution is 2.28. The molecule has 0 amide bonds. The quantitative estimate of drug-likeness (QED) is 0.690. The van der Waals surface area contributed by atoms with Crippen LogP contribution >= 0.6 is 22.9 Å². The Morgan fingerprint density at radius 3 is 2.79 bits per heavy atom. The highest BCUT2D eigenvalue weighted by Gasteiger charge is 2.17. The van der Waals surface area contributed by atoms with Crippen LogP contribution in [0.15, 0.2) is 36.4 Å². The zero-order valence-electron chi connectivity index (χ0n) is 10.2. The van der Waals surface area contributed by atoms with Gasteiger partial charge in [-0.05, 0) is 31.2 Å². The number of nitrogens with zero attached hydrogens (tertiary/aromatic N) is 1. The first kappa shape index (κ1) is 12.3. The number of thiophene rings is 1. The molecule has 5 heteroatoms. The molecule has 0 radical (unpaired) electrons. The maximum Gasteiger partial charge on any atom is 0.272 e. The average molecular weight is 291 g/mol. The van der Waals surface area contributed by atoms with Crippen molar-refractivity contribution < 1.29 is 4.79 Å². The standard InChI is InChI=1S/C14H11ClN2OS/c1-8-7-9-3-2-4-10(16)13(9)17(8)14(18)11-5-6-12(15)19-11/h2-7H,16H2,1H3. The topological polar surface area (TPSA) is 48.0 Å². The van der Waals surface area contributed by atoms with Crippen LogP contribution in [0.5, 0.6) is 0 Å². The molecule has 0 unspecified atom stereocenters. The fraction of sp³-hybridized carbons (Fsp3) is 0.0714. The second-order valence-corrected chi connectivity index (χ2v) is 6.03. The average Bonchev–Trinajstić information content (AvgIpc) is 2.92. The van der Waals surface area contributed by atoms with Crippen LogP contribution in [0.1, 0.15) is 15.4 Å². The summed E-state index contributed by atoms with van der Waals surface area (Å²) >= 11 is 7.16. The SMILES string of the molecule is Cc1cc2cccc(N)c2n1C(=O)c1ccc(Cl)s1. The van der Waals surface area contributed by atoms with Gasteiger partial charge in [-0.3, -0.25) is 9.36 Å². The highest BCUT2D eigenvalue weighted by atomic mass is 35.5. The number of hydrogen-bond acceptors (Lipinski definition) is 3. The summed E-state index contributed by atoms with van der Waals surface area (Å²) in [5, 5.41) is 0.966. The minimum Gasteiger partial charge on any atom is -0.397 e. The number of hydrogen-bond donors (Lipinski definition) is 1. The molecule has 0 aliphatic heterocycles. The fourth-order valence-electron chi connectivity index (χ4n) is 2.22. The molecule has 0 fully saturated rings. The lowest BCUT2D eigenvalue weighted by atomic mass is 10.2. The van der Waals surface area contributed by atoms with Gasteiger partial charge in [-0.25, -0.2) is 0 Å². The third kappa shape index (κ3) is 1.93. The van der Waals surface area contributed by atoms with Crippen LogP contribution in [0.3, 0.4) is 0 Å². The summed E-state index contributed by atoms with van der Waals surface area (Å²) in [4.78, 5) is 13.2. The Labute approximate surface area is 119 Å². The van der Waals surface area contributed by atoms with Gasteiger partial charge in [0.15, 0.2) is 0 Å². The summed E-state index contributed by atoms with van der Waals surface area (Å²) < 4.78 is 2.25. The monoisotopic (exact) mass is 290 g/mol. The van der Waals surface area contributed by atoms with Crippen LogP contribution in [0.2, 0.25) is 4.34 Å². The Morgan fingerprint density at radius 1 is 1.32 bits per heavy atom. The van der Waals surface area contributed by atoms with Crippen LogP contribution < -0.4 is 5.73 Å². The van der Waals surface area contributed by atoms with Crippen molar-refractivity contribution in [3.63, 3.8) is 0 Å². The Kier molecular flexibility index (Phi) is 2.84.